The second-order valence-electron chi connectivity index (χ2n) is 5.98. The van der Waals surface area contributed by atoms with Gasteiger partial charge in [-0.15, -0.1) is 0 Å². The van der Waals surface area contributed by atoms with E-state index in [9.17, 15) is 4.79 Å². The Morgan fingerprint density at radius 1 is 1.14 bits per heavy atom. The molecule has 0 radical (unpaired) electrons. The first-order chi connectivity index (χ1) is 10.5. The molecular formula is C17H26N2O3. The molecule has 0 unspecified atom stereocenters. The molecule has 0 N–H and O–H groups in total. The second-order valence-corrected chi connectivity index (χ2v) is 5.98. The zero-order valence-electron chi connectivity index (χ0n) is 14.0. The maximum absolute atomic E-state index is 12.7. The van der Waals surface area contributed by atoms with E-state index in [1.165, 1.54) is 0 Å². The fraction of sp³-hybridized carbons (Fsp3) is 0.588. The molecule has 0 aromatic heterocycles. The highest BCUT2D eigenvalue weighted by Gasteiger charge is 2.20. The number of nitrogens with zero attached hydrogens (tertiary/aromatic N) is 2. The van der Waals surface area contributed by atoms with Crippen LogP contribution in [0.1, 0.15) is 30.6 Å². The van der Waals surface area contributed by atoms with Crippen molar-refractivity contribution in [1.29, 1.82) is 0 Å². The highest BCUT2D eigenvalue weighted by Crippen LogP contribution is 2.29. The SMILES string of the molecule is COc1cc(C(=O)N2CCCN(C)CC2)ccc1OC(C)C. The third kappa shape index (κ3) is 4.13. The fourth-order valence-electron chi connectivity index (χ4n) is 2.58. The van der Waals surface area contributed by atoms with Crippen LogP contribution in [0.5, 0.6) is 11.5 Å². The van der Waals surface area contributed by atoms with Gasteiger partial charge < -0.3 is 19.3 Å². The quantitative estimate of drug-likeness (QED) is 0.856. The Balaban J connectivity index is 2.15. The number of rotatable bonds is 4. The van der Waals surface area contributed by atoms with Gasteiger partial charge in [0.2, 0.25) is 0 Å². The topological polar surface area (TPSA) is 42.0 Å². The number of benzene rings is 1. The van der Waals surface area contributed by atoms with E-state index in [-0.39, 0.29) is 12.0 Å². The van der Waals surface area contributed by atoms with Gasteiger partial charge in [-0.25, -0.2) is 0 Å². The Labute approximate surface area is 132 Å². The van der Waals surface area contributed by atoms with Crippen LogP contribution in [0.2, 0.25) is 0 Å². The summed E-state index contributed by atoms with van der Waals surface area (Å²) in [5, 5.41) is 0. The maximum atomic E-state index is 12.7. The summed E-state index contributed by atoms with van der Waals surface area (Å²) >= 11 is 0. The lowest BCUT2D eigenvalue weighted by molar-refractivity contribution is 0.0762. The van der Waals surface area contributed by atoms with Crippen molar-refractivity contribution in [3.63, 3.8) is 0 Å². The van der Waals surface area contributed by atoms with Gasteiger partial charge in [-0.05, 0) is 52.1 Å². The third-order valence-electron chi connectivity index (χ3n) is 3.78. The first-order valence-corrected chi connectivity index (χ1v) is 7.83. The van der Waals surface area contributed by atoms with Crippen LogP contribution < -0.4 is 9.47 Å². The number of methoxy groups -OCH3 is 1. The van der Waals surface area contributed by atoms with Crippen LogP contribution in [-0.2, 0) is 0 Å². The predicted octanol–water partition coefficient (Wildman–Crippen LogP) is 2.26. The van der Waals surface area contributed by atoms with E-state index in [1.807, 2.05) is 30.9 Å². The zero-order chi connectivity index (χ0) is 16.1. The molecule has 5 heteroatoms. The average Bonchev–Trinajstić information content (AvgIpc) is 2.71. The Morgan fingerprint density at radius 3 is 2.59 bits per heavy atom. The summed E-state index contributed by atoms with van der Waals surface area (Å²) in [4.78, 5) is 16.8. The van der Waals surface area contributed by atoms with Gasteiger partial charge in [0.05, 0.1) is 13.2 Å². The molecule has 0 aliphatic carbocycles. The van der Waals surface area contributed by atoms with Crippen molar-refractivity contribution in [2.45, 2.75) is 26.4 Å². The van der Waals surface area contributed by atoms with E-state index < -0.39 is 0 Å². The number of hydrogen-bond donors (Lipinski definition) is 0. The number of likely N-dealkylation sites (N-methyl/N-ethyl adjacent to an activating group) is 1. The standard InChI is InChI=1S/C17H26N2O3/c1-13(2)22-15-7-6-14(12-16(15)21-4)17(20)19-9-5-8-18(3)10-11-19/h6-7,12-13H,5,8-11H2,1-4H3. The summed E-state index contributed by atoms with van der Waals surface area (Å²) in [5.74, 6) is 1.33. The minimum Gasteiger partial charge on any atom is -0.493 e. The normalized spacial score (nSPS) is 16.5. The van der Waals surface area contributed by atoms with Crippen LogP contribution in [0, 0.1) is 0 Å². The Hall–Kier alpha value is -1.75. The van der Waals surface area contributed by atoms with Gasteiger partial charge >= 0.3 is 0 Å². The minimum absolute atomic E-state index is 0.0599. The van der Waals surface area contributed by atoms with E-state index >= 15 is 0 Å². The molecule has 1 aliphatic rings. The fourth-order valence-corrected chi connectivity index (χ4v) is 2.58. The number of carbonyl (C=O) groups excluding carboxylic acids is 1. The molecule has 1 aromatic carbocycles. The highest BCUT2D eigenvalue weighted by molar-refractivity contribution is 5.95. The first-order valence-electron chi connectivity index (χ1n) is 7.83. The first kappa shape index (κ1) is 16.6. The molecule has 1 aromatic rings. The Bertz CT molecular complexity index is 517. The molecule has 2 rings (SSSR count). The van der Waals surface area contributed by atoms with Crippen molar-refractivity contribution in [3.8, 4) is 11.5 Å². The number of amides is 1. The van der Waals surface area contributed by atoms with Crippen molar-refractivity contribution >= 4 is 5.91 Å². The van der Waals surface area contributed by atoms with Gasteiger partial charge in [0.15, 0.2) is 11.5 Å². The molecule has 1 heterocycles. The number of hydrogen-bond acceptors (Lipinski definition) is 4. The highest BCUT2D eigenvalue weighted by atomic mass is 16.5. The van der Waals surface area contributed by atoms with Crippen molar-refractivity contribution in [2.24, 2.45) is 0 Å². The van der Waals surface area contributed by atoms with Crippen LogP contribution in [-0.4, -0.2) is 62.1 Å². The van der Waals surface area contributed by atoms with Crippen molar-refractivity contribution in [2.75, 3.05) is 40.3 Å². The molecule has 22 heavy (non-hydrogen) atoms. The zero-order valence-corrected chi connectivity index (χ0v) is 14.0. The van der Waals surface area contributed by atoms with Crippen molar-refractivity contribution in [1.82, 2.24) is 9.80 Å². The van der Waals surface area contributed by atoms with Gasteiger partial charge in [-0.1, -0.05) is 0 Å². The summed E-state index contributed by atoms with van der Waals surface area (Å²) in [7, 11) is 3.69. The Morgan fingerprint density at radius 2 is 1.91 bits per heavy atom. The van der Waals surface area contributed by atoms with Crippen molar-refractivity contribution in [3.05, 3.63) is 23.8 Å². The van der Waals surface area contributed by atoms with E-state index in [0.29, 0.717) is 17.1 Å². The number of carbonyl (C=O) groups is 1. The summed E-state index contributed by atoms with van der Waals surface area (Å²) in [5.41, 5.74) is 0.650. The van der Waals surface area contributed by atoms with Crippen LogP contribution >= 0.6 is 0 Å². The monoisotopic (exact) mass is 306 g/mol. The van der Waals surface area contributed by atoms with E-state index in [2.05, 4.69) is 11.9 Å². The molecule has 0 spiro atoms. The molecule has 0 atom stereocenters. The van der Waals surface area contributed by atoms with E-state index in [0.717, 1.165) is 32.6 Å². The van der Waals surface area contributed by atoms with Crippen LogP contribution in [0.25, 0.3) is 0 Å². The van der Waals surface area contributed by atoms with Crippen LogP contribution in [0.15, 0.2) is 18.2 Å². The molecule has 1 saturated heterocycles. The molecule has 5 nitrogen and oxygen atoms in total. The summed E-state index contributed by atoms with van der Waals surface area (Å²) in [6, 6.07) is 5.40. The third-order valence-corrected chi connectivity index (χ3v) is 3.78. The molecule has 122 valence electrons. The lowest BCUT2D eigenvalue weighted by Crippen LogP contribution is -2.34. The summed E-state index contributed by atoms with van der Waals surface area (Å²) in [6.07, 6.45) is 1.07. The molecule has 0 saturated carbocycles. The minimum atomic E-state index is 0.0599. The maximum Gasteiger partial charge on any atom is 0.254 e. The summed E-state index contributed by atoms with van der Waals surface area (Å²) in [6.45, 7) is 7.45. The van der Waals surface area contributed by atoms with Gasteiger partial charge in [0, 0.05) is 25.2 Å². The van der Waals surface area contributed by atoms with Crippen molar-refractivity contribution < 1.29 is 14.3 Å². The smallest absolute Gasteiger partial charge is 0.254 e. The average molecular weight is 306 g/mol. The van der Waals surface area contributed by atoms with Gasteiger partial charge in [0.1, 0.15) is 0 Å². The lowest BCUT2D eigenvalue weighted by atomic mass is 10.1. The Kier molecular flexibility index (Phi) is 5.66. The van der Waals surface area contributed by atoms with Crippen LogP contribution in [0.4, 0.5) is 0 Å². The largest absolute Gasteiger partial charge is 0.493 e. The second kappa shape index (κ2) is 7.49. The molecule has 1 aliphatic heterocycles. The van der Waals surface area contributed by atoms with Gasteiger partial charge in [-0.2, -0.15) is 0 Å². The molecule has 1 amide bonds. The van der Waals surface area contributed by atoms with Crippen LogP contribution in [0.3, 0.4) is 0 Å². The summed E-state index contributed by atoms with van der Waals surface area (Å²) < 4.78 is 11.1. The predicted molar refractivity (Wildman–Crippen MR) is 86.8 cm³/mol. The van der Waals surface area contributed by atoms with Gasteiger partial charge in [0.25, 0.3) is 5.91 Å². The molecular weight excluding hydrogens is 280 g/mol. The van der Waals surface area contributed by atoms with E-state index in [4.69, 9.17) is 9.47 Å². The molecule has 0 bridgehead atoms. The number of ether oxygens (including phenoxy) is 2. The lowest BCUT2D eigenvalue weighted by Gasteiger charge is -2.21. The van der Waals surface area contributed by atoms with E-state index in [1.54, 1.807) is 13.2 Å². The van der Waals surface area contributed by atoms with Gasteiger partial charge in [-0.3, -0.25) is 4.79 Å². The molecule has 1 fully saturated rings.